The van der Waals surface area contributed by atoms with E-state index in [4.69, 9.17) is 9.84 Å². The number of allylic oxidation sites excluding steroid dienone is 1. The summed E-state index contributed by atoms with van der Waals surface area (Å²) in [6.07, 6.45) is 7.38. The van der Waals surface area contributed by atoms with Crippen LogP contribution < -0.4 is 0 Å². The van der Waals surface area contributed by atoms with Crippen LogP contribution in [-0.4, -0.2) is 23.7 Å². The first-order chi connectivity index (χ1) is 9.70. The van der Waals surface area contributed by atoms with E-state index in [1.165, 1.54) is 6.08 Å². The summed E-state index contributed by atoms with van der Waals surface area (Å²) in [5.74, 6) is -1.19. The molecule has 0 heterocycles. The molecule has 1 aromatic rings. The predicted octanol–water partition coefficient (Wildman–Crippen LogP) is 3.43. The van der Waals surface area contributed by atoms with Gasteiger partial charge in [-0.3, -0.25) is 0 Å². The lowest BCUT2D eigenvalue weighted by Crippen LogP contribution is -2.06. The summed E-state index contributed by atoms with van der Waals surface area (Å²) in [4.78, 5) is 21.8. The Balaban J connectivity index is 2.00. The number of hydrogen-bond donors (Lipinski definition) is 1. The summed E-state index contributed by atoms with van der Waals surface area (Å²) in [5, 5.41) is 8.40. The third-order valence-corrected chi connectivity index (χ3v) is 2.77. The molecule has 4 heteroatoms. The van der Waals surface area contributed by atoms with Crippen LogP contribution in [0, 0.1) is 0 Å². The second-order valence-electron chi connectivity index (χ2n) is 4.45. The first kappa shape index (κ1) is 16.0. The van der Waals surface area contributed by atoms with Crippen molar-refractivity contribution in [1.29, 1.82) is 0 Å². The van der Waals surface area contributed by atoms with Gasteiger partial charge >= 0.3 is 11.9 Å². The molecule has 0 aliphatic heterocycles. The number of benzene rings is 1. The van der Waals surface area contributed by atoms with Gasteiger partial charge in [0.05, 0.1) is 12.2 Å². The minimum absolute atomic E-state index is 0.282. The van der Waals surface area contributed by atoms with Crippen molar-refractivity contribution < 1.29 is 19.4 Å². The molecule has 0 unspecified atom stereocenters. The zero-order valence-electron chi connectivity index (χ0n) is 11.5. The zero-order chi connectivity index (χ0) is 14.6. The summed E-state index contributed by atoms with van der Waals surface area (Å²) >= 11 is 0. The smallest absolute Gasteiger partial charge is 0.338 e. The number of carbonyl (C=O) groups excluding carboxylic acids is 1. The maximum Gasteiger partial charge on any atom is 0.338 e. The summed E-state index contributed by atoms with van der Waals surface area (Å²) in [6, 6.07) is 8.94. The van der Waals surface area contributed by atoms with Gasteiger partial charge < -0.3 is 9.84 Å². The van der Waals surface area contributed by atoms with E-state index in [0.29, 0.717) is 12.2 Å². The number of carboxylic acids is 1. The van der Waals surface area contributed by atoms with Crippen molar-refractivity contribution >= 4 is 11.9 Å². The monoisotopic (exact) mass is 276 g/mol. The van der Waals surface area contributed by atoms with Gasteiger partial charge in [-0.2, -0.15) is 0 Å². The Labute approximate surface area is 119 Å². The Kier molecular flexibility index (Phi) is 7.80. The Hall–Kier alpha value is -2.10. The molecule has 0 fully saturated rings. The molecule has 0 amide bonds. The van der Waals surface area contributed by atoms with Crippen molar-refractivity contribution in [3.8, 4) is 0 Å². The van der Waals surface area contributed by atoms with E-state index >= 15 is 0 Å². The fraction of sp³-hybridized carbons (Fsp3) is 0.375. The molecule has 4 nitrogen and oxygen atoms in total. The molecule has 0 saturated carbocycles. The average molecular weight is 276 g/mol. The van der Waals surface area contributed by atoms with Crippen LogP contribution in [0.15, 0.2) is 42.5 Å². The fourth-order valence-electron chi connectivity index (χ4n) is 1.72. The number of unbranched alkanes of at least 4 members (excludes halogenated alkanes) is 4. The maximum absolute atomic E-state index is 11.6. The lowest BCUT2D eigenvalue weighted by atomic mass is 10.1. The molecule has 0 aromatic heterocycles. The molecule has 0 saturated heterocycles. The molecule has 1 N–H and O–H groups in total. The molecule has 108 valence electrons. The standard InChI is InChI=1S/C16H20O4/c17-15(18)12-8-3-1-2-4-9-13-20-16(19)14-10-6-5-7-11-14/h5-8,10-12H,1-4,9,13H2,(H,17,18). The molecule has 0 atom stereocenters. The minimum atomic E-state index is -0.905. The van der Waals surface area contributed by atoms with Crippen LogP contribution in [0.3, 0.4) is 0 Å². The van der Waals surface area contributed by atoms with Gasteiger partial charge in [0.15, 0.2) is 0 Å². The molecule has 20 heavy (non-hydrogen) atoms. The highest BCUT2D eigenvalue weighted by Crippen LogP contribution is 2.06. The van der Waals surface area contributed by atoms with Crippen molar-refractivity contribution in [1.82, 2.24) is 0 Å². The Bertz CT molecular complexity index is 437. The van der Waals surface area contributed by atoms with Gasteiger partial charge in [-0.15, -0.1) is 0 Å². The number of carbonyl (C=O) groups is 2. The van der Waals surface area contributed by atoms with Crippen LogP contribution in [0.1, 0.15) is 42.5 Å². The molecule has 0 radical (unpaired) electrons. The van der Waals surface area contributed by atoms with Crippen molar-refractivity contribution in [3.05, 3.63) is 48.0 Å². The topological polar surface area (TPSA) is 63.6 Å². The quantitative estimate of drug-likeness (QED) is 0.426. The molecule has 0 aliphatic rings. The molecular weight excluding hydrogens is 256 g/mol. The average Bonchev–Trinajstić information content (AvgIpc) is 2.46. The number of esters is 1. The Morgan fingerprint density at radius 2 is 1.75 bits per heavy atom. The Morgan fingerprint density at radius 1 is 1.05 bits per heavy atom. The van der Waals surface area contributed by atoms with Crippen molar-refractivity contribution in [2.45, 2.75) is 32.1 Å². The van der Waals surface area contributed by atoms with Gasteiger partial charge in [-0.05, 0) is 31.4 Å². The molecule has 0 aliphatic carbocycles. The van der Waals surface area contributed by atoms with Gasteiger partial charge in [0.1, 0.15) is 0 Å². The number of ether oxygens (including phenoxy) is 1. The van der Waals surface area contributed by atoms with E-state index in [1.54, 1.807) is 30.3 Å². The van der Waals surface area contributed by atoms with Crippen LogP contribution in [0.25, 0.3) is 0 Å². The van der Waals surface area contributed by atoms with Crippen LogP contribution in [0.2, 0.25) is 0 Å². The summed E-state index contributed by atoms with van der Waals surface area (Å²) in [5.41, 5.74) is 0.575. The number of aliphatic carboxylic acids is 1. The van der Waals surface area contributed by atoms with Crippen LogP contribution in [0.4, 0.5) is 0 Å². The van der Waals surface area contributed by atoms with Crippen LogP contribution in [0.5, 0.6) is 0 Å². The fourth-order valence-corrected chi connectivity index (χ4v) is 1.72. The van der Waals surface area contributed by atoms with E-state index in [2.05, 4.69) is 0 Å². The number of carboxylic acid groups (broad SMARTS) is 1. The third kappa shape index (κ3) is 7.36. The van der Waals surface area contributed by atoms with E-state index < -0.39 is 5.97 Å². The first-order valence-corrected chi connectivity index (χ1v) is 6.82. The second kappa shape index (κ2) is 9.78. The lowest BCUT2D eigenvalue weighted by molar-refractivity contribution is -0.131. The van der Waals surface area contributed by atoms with E-state index in [-0.39, 0.29) is 5.97 Å². The van der Waals surface area contributed by atoms with Gasteiger partial charge in [0.2, 0.25) is 0 Å². The predicted molar refractivity (Wildman–Crippen MR) is 76.6 cm³/mol. The highest BCUT2D eigenvalue weighted by molar-refractivity contribution is 5.89. The minimum Gasteiger partial charge on any atom is -0.478 e. The second-order valence-corrected chi connectivity index (χ2v) is 4.45. The van der Waals surface area contributed by atoms with Crippen molar-refractivity contribution in [2.24, 2.45) is 0 Å². The number of hydrogen-bond acceptors (Lipinski definition) is 3. The Morgan fingerprint density at radius 3 is 2.45 bits per heavy atom. The van der Waals surface area contributed by atoms with E-state index in [0.717, 1.165) is 32.1 Å². The molecule has 1 aromatic carbocycles. The zero-order valence-corrected chi connectivity index (χ0v) is 11.5. The lowest BCUT2D eigenvalue weighted by Gasteiger charge is -2.04. The SMILES string of the molecule is O=C(O)C=CCCCCCCOC(=O)c1ccccc1. The van der Waals surface area contributed by atoms with Crippen LogP contribution >= 0.6 is 0 Å². The van der Waals surface area contributed by atoms with Crippen molar-refractivity contribution in [3.63, 3.8) is 0 Å². The van der Waals surface area contributed by atoms with Crippen LogP contribution in [-0.2, 0) is 9.53 Å². The van der Waals surface area contributed by atoms with Gasteiger partial charge in [-0.25, -0.2) is 9.59 Å². The molecule has 0 spiro atoms. The van der Waals surface area contributed by atoms with E-state index in [9.17, 15) is 9.59 Å². The first-order valence-electron chi connectivity index (χ1n) is 6.82. The molecule has 1 rings (SSSR count). The summed E-state index contributed by atoms with van der Waals surface area (Å²) in [6.45, 7) is 0.429. The summed E-state index contributed by atoms with van der Waals surface area (Å²) < 4.78 is 5.16. The van der Waals surface area contributed by atoms with Gasteiger partial charge in [-0.1, -0.05) is 37.1 Å². The molecular formula is C16H20O4. The molecule has 0 bridgehead atoms. The highest BCUT2D eigenvalue weighted by atomic mass is 16.5. The highest BCUT2D eigenvalue weighted by Gasteiger charge is 2.04. The maximum atomic E-state index is 11.6. The summed E-state index contributed by atoms with van der Waals surface area (Å²) in [7, 11) is 0. The normalized spacial score (nSPS) is 10.6. The largest absolute Gasteiger partial charge is 0.478 e. The number of rotatable bonds is 9. The van der Waals surface area contributed by atoms with Gasteiger partial charge in [0.25, 0.3) is 0 Å². The van der Waals surface area contributed by atoms with E-state index in [1.807, 2.05) is 6.07 Å². The van der Waals surface area contributed by atoms with Crippen molar-refractivity contribution in [2.75, 3.05) is 6.61 Å². The van der Waals surface area contributed by atoms with Gasteiger partial charge in [0, 0.05) is 6.08 Å². The third-order valence-electron chi connectivity index (χ3n) is 2.77.